The smallest absolute Gasteiger partial charge is 0.475 e. The highest BCUT2D eigenvalue weighted by Crippen LogP contribution is 2.37. The number of carboxylic acid groups (broad SMARTS) is 1. The predicted molar refractivity (Wildman–Crippen MR) is 162 cm³/mol. The van der Waals surface area contributed by atoms with Crippen LogP contribution in [-0.4, -0.2) is 63.8 Å². The van der Waals surface area contributed by atoms with E-state index >= 15 is 0 Å². The van der Waals surface area contributed by atoms with Crippen molar-refractivity contribution in [3.05, 3.63) is 76.2 Å². The van der Waals surface area contributed by atoms with Crippen LogP contribution in [0, 0.1) is 23.0 Å². The van der Waals surface area contributed by atoms with Crippen LogP contribution < -0.4 is 16.0 Å². The molecular formula is C30H25ClF5N7O6. The number of hydrogen-bond donors (Lipinski definition) is 5. The molecule has 2 aliphatic heterocycles. The average molecular weight is 710 g/mol. The third-order valence-electron chi connectivity index (χ3n) is 7.23. The Morgan fingerprint density at radius 3 is 2.53 bits per heavy atom. The highest BCUT2D eigenvalue weighted by atomic mass is 35.5. The number of ether oxygens (including phenoxy) is 1. The molecule has 1 saturated heterocycles. The minimum atomic E-state index is -5.08. The molecule has 3 heterocycles. The van der Waals surface area contributed by atoms with Crippen LogP contribution in [0.5, 0.6) is 0 Å². The number of H-pyrrole nitrogens is 1. The van der Waals surface area contributed by atoms with Crippen molar-refractivity contribution in [1.29, 1.82) is 5.26 Å². The second-order valence-electron chi connectivity index (χ2n) is 10.4. The van der Waals surface area contributed by atoms with Crippen molar-refractivity contribution in [2.45, 2.75) is 37.5 Å². The van der Waals surface area contributed by atoms with Crippen molar-refractivity contribution in [3.63, 3.8) is 0 Å². The van der Waals surface area contributed by atoms with Gasteiger partial charge in [-0.15, -0.1) is 0 Å². The molecule has 0 unspecified atom stereocenters. The lowest BCUT2D eigenvalue weighted by molar-refractivity contribution is -0.192. The number of nitrogens with zero attached hydrogens (tertiary/aromatic N) is 3. The van der Waals surface area contributed by atoms with Crippen molar-refractivity contribution in [2.24, 2.45) is 0 Å². The molecule has 5 rings (SSSR count). The number of carbonyl (C=O) groups is 4. The standard InChI is InChI=1S/C28H24ClF2N7O4.C2HF3O2/c1-42-28(41)33-14-6-7-15-19(12-14)34-22(39)5-3-2-4-21(26-35-20(13-32)25(15)37-26)38-11-10-18(36-27(38)40)23-17(30)9-8-16(29)24(23)31;3-2(4,5)1(6)7/h2-3,6-9,12,18,21H,4-5,10-11H2,1H3,(H,33,41)(H,34,39)(H,35,37)(H,36,40);(H,6,7)/b3-2+;/t18-,21-;/m0./s1. The van der Waals surface area contributed by atoms with E-state index in [-0.39, 0.29) is 48.0 Å². The molecule has 0 radical (unpaired) electrons. The summed E-state index contributed by atoms with van der Waals surface area (Å²) in [6, 6.07) is 6.65. The van der Waals surface area contributed by atoms with Crippen molar-refractivity contribution in [3.8, 4) is 17.3 Å². The van der Waals surface area contributed by atoms with E-state index in [4.69, 9.17) is 21.5 Å². The number of nitriles is 1. The van der Waals surface area contributed by atoms with Crippen LogP contribution in [0.25, 0.3) is 11.3 Å². The molecule has 3 aromatic rings. The molecule has 4 amide bonds. The monoisotopic (exact) mass is 709 g/mol. The van der Waals surface area contributed by atoms with Gasteiger partial charge in [-0.25, -0.2) is 28.1 Å². The third-order valence-corrected chi connectivity index (χ3v) is 7.52. The molecular weight excluding hydrogens is 685 g/mol. The molecule has 2 atom stereocenters. The molecule has 0 aliphatic carbocycles. The number of fused-ring (bicyclic) bond motifs is 4. The zero-order valence-electron chi connectivity index (χ0n) is 25.1. The minimum Gasteiger partial charge on any atom is -0.475 e. The van der Waals surface area contributed by atoms with E-state index < -0.39 is 48.0 Å². The van der Waals surface area contributed by atoms with Gasteiger partial charge in [-0.1, -0.05) is 23.8 Å². The van der Waals surface area contributed by atoms with Crippen molar-refractivity contribution in [1.82, 2.24) is 20.2 Å². The number of anilines is 2. The molecule has 2 aromatic carbocycles. The lowest BCUT2D eigenvalue weighted by Crippen LogP contribution is -2.49. The number of urea groups is 1. The Bertz CT molecular complexity index is 1860. The maximum atomic E-state index is 14.7. The number of hydrogen-bond acceptors (Lipinski definition) is 7. The first-order valence-electron chi connectivity index (χ1n) is 14.1. The van der Waals surface area contributed by atoms with E-state index in [1.54, 1.807) is 24.3 Å². The maximum Gasteiger partial charge on any atom is 0.490 e. The minimum absolute atomic E-state index is 0.00642. The third kappa shape index (κ3) is 8.43. The number of carboxylic acids is 1. The summed E-state index contributed by atoms with van der Waals surface area (Å²) in [7, 11) is 1.22. The van der Waals surface area contributed by atoms with Crippen molar-refractivity contribution >= 4 is 47.0 Å². The van der Waals surface area contributed by atoms with E-state index in [0.717, 1.165) is 12.1 Å². The first kappa shape index (κ1) is 36.1. The van der Waals surface area contributed by atoms with Gasteiger partial charge in [0, 0.05) is 29.8 Å². The van der Waals surface area contributed by atoms with Gasteiger partial charge in [0.1, 0.15) is 23.5 Å². The van der Waals surface area contributed by atoms with Gasteiger partial charge in [0.2, 0.25) is 5.91 Å². The molecule has 0 spiro atoms. The second kappa shape index (κ2) is 15.0. The number of halogens is 6. The topological polar surface area (TPSA) is 190 Å². The van der Waals surface area contributed by atoms with Crippen molar-refractivity contribution in [2.75, 3.05) is 24.3 Å². The molecule has 2 aliphatic rings. The largest absolute Gasteiger partial charge is 0.490 e. The summed E-state index contributed by atoms with van der Waals surface area (Å²) < 4.78 is 65.6. The number of rotatable bonds is 3. The lowest BCUT2D eigenvalue weighted by atomic mass is 9.99. The van der Waals surface area contributed by atoms with Gasteiger partial charge >= 0.3 is 24.3 Å². The van der Waals surface area contributed by atoms with Crippen LogP contribution in [0.15, 0.2) is 42.5 Å². The fourth-order valence-electron chi connectivity index (χ4n) is 4.99. The molecule has 49 heavy (non-hydrogen) atoms. The number of methoxy groups -OCH3 is 1. The van der Waals surface area contributed by atoms with E-state index in [9.17, 15) is 41.6 Å². The van der Waals surface area contributed by atoms with Gasteiger partial charge in [-0.3, -0.25) is 10.1 Å². The number of imidazole rings is 1. The molecule has 13 nitrogen and oxygen atoms in total. The summed E-state index contributed by atoms with van der Waals surface area (Å²) in [6.45, 7) is 0.109. The van der Waals surface area contributed by atoms with Gasteiger partial charge in [-0.05, 0) is 43.2 Å². The molecule has 5 N–H and O–H groups in total. The second-order valence-corrected chi connectivity index (χ2v) is 10.8. The van der Waals surface area contributed by atoms with Crippen LogP contribution >= 0.6 is 11.6 Å². The molecule has 258 valence electrons. The van der Waals surface area contributed by atoms with Crippen LogP contribution in [-0.2, 0) is 14.3 Å². The van der Waals surface area contributed by atoms with E-state index in [2.05, 4.69) is 30.7 Å². The van der Waals surface area contributed by atoms with E-state index in [1.165, 1.54) is 18.1 Å². The average Bonchev–Trinajstić information content (AvgIpc) is 3.47. The highest BCUT2D eigenvalue weighted by molar-refractivity contribution is 6.30. The summed E-state index contributed by atoms with van der Waals surface area (Å²) in [6.07, 6.45) is -2.03. The molecule has 1 fully saturated rings. The quantitative estimate of drug-likeness (QED) is 0.121. The van der Waals surface area contributed by atoms with Gasteiger partial charge in [0.15, 0.2) is 5.69 Å². The Hall–Kier alpha value is -5.70. The van der Waals surface area contributed by atoms with Gasteiger partial charge in [0.05, 0.1) is 35.6 Å². The molecule has 2 bridgehead atoms. The zero-order valence-corrected chi connectivity index (χ0v) is 25.9. The van der Waals surface area contributed by atoms with Crippen LogP contribution in [0.3, 0.4) is 0 Å². The van der Waals surface area contributed by atoms with Crippen LogP contribution in [0.1, 0.15) is 48.4 Å². The summed E-state index contributed by atoms with van der Waals surface area (Å²) in [5, 5.41) is 24.8. The number of carbonyl (C=O) groups excluding carboxylic acids is 3. The molecule has 0 saturated carbocycles. The first-order valence-corrected chi connectivity index (χ1v) is 14.5. The Kier molecular flexibility index (Phi) is 11.1. The fraction of sp³-hybridized carbons (Fsp3) is 0.267. The summed E-state index contributed by atoms with van der Waals surface area (Å²) in [5.74, 6) is -4.56. The Labute approximate surface area is 278 Å². The lowest BCUT2D eigenvalue weighted by Gasteiger charge is -2.37. The number of nitrogens with one attached hydrogen (secondary N) is 4. The fourth-order valence-corrected chi connectivity index (χ4v) is 5.16. The van der Waals surface area contributed by atoms with Crippen LogP contribution in [0.2, 0.25) is 5.02 Å². The normalized spacial score (nSPS) is 18.1. The number of benzene rings is 2. The SMILES string of the molecule is COC(=O)Nc1ccc2c(c1)NC(=O)C/C=C/C[C@H](N1CC[C@@H](c3c(F)ccc(Cl)c3F)NC1=O)c1nc(C#N)c-2[nH]1.O=C(O)C(F)(F)F. The zero-order chi connectivity index (χ0) is 36.0. The number of aromatic nitrogens is 2. The van der Waals surface area contributed by atoms with Crippen LogP contribution in [0.4, 0.5) is 42.9 Å². The Morgan fingerprint density at radius 1 is 1.18 bits per heavy atom. The Balaban J connectivity index is 0.000000698. The summed E-state index contributed by atoms with van der Waals surface area (Å²) >= 11 is 5.85. The maximum absolute atomic E-state index is 14.7. The van der Waals surface area contributed by atoms with E-state index in [0.29, 0.717) is 28.5 Å². The first-order chi connectivity index (χ1) is 23.1. The number of amides is 4. The van der Waals surface area contributed by atoms with Gasteiger partial charge < -0.3 is 30.4 Å². The van der Waals surface area contributed by atoms with Crippen molar-refractivity contribution < 1.29 is 51.0 Å². The van der Waals surface area contributed by atoms with Gasteiger partial charge in [-0.2, -0.15) is 18.4 Å². The van der Waals surface area contributed by atoms with E-state index in [1.807, 2.05) is 6.07 Å². The van der Waals surface area contributed by atoms with Gasteiger partial charge in [0.25, 0.3) is 0 Å². The number of aliphatic carboxylic acids is 1. The summed E-state index contributed by atoms with van der Waals surface area (Å²) in [5.41, 5.74) is 1.06. The molecule has 19 heteroatoms. The summed E-state index contributed by atoms with van der Waals surface area (Å²) in [4.78, 5) is 55.8. The number of aromatic amines is 1. The Morgan fingerprint density at radius 2 is 1.90 bits per heavy atom. The highest BCUT2D eigenvalue weighted by Gasteiger charge is 2.38. The molecule has 1 aromatic heterocycles. The predicted octanol–water partition coefficient (Wildman–Crippen LogP) is 6.18. The number of alkyl halides is 3.